The van der Waals surface area contributed by atoms with E-state index in [-0.39, 0.29) is 6.04 Å². The number of nitrogens with one attached hydrogen (secondary N) is 2. The van der Waals surface area contributed by atoms with Crippen LogP contribution in [0.2, 0.25) is 0 Å². The Morgan fingerprint density at radius 1 is 1.42 bits per heavy atom. The van der Waals surface area contributed by atoms with Gasteiger partial charge in [-0.2, -0.15) is 0 Å². The van der Waals surface area contributed by atoms with Gasteiger partial charge in [0, 0.05) is 23.4 Å². The van der Waals surface area contributed by atoms with Crippen LogP contribution in [0.1, 0.15) is 24.4 Å². The van der Waals surface area contributed by atoms with Gasteiger partial charge in [-0.15, -0.1) is 0 Å². The molecule has 1 aliphatic rings. The standard InChI is InChI=1S/C13H14BrN3O2/c1-8(13-15-2-3-16-13)17-6-9-4-11-12(5-10(9)14)19-7-18-11/h2-5,8,17H,6-7H2,1H3,(H,15,16). The van der Waals surface area contributed by atoms with E-state index in [1.165, 1.54) is 0 Å². The summed E-state index contributed by atoms with van der Waals surface area (Å²) in [6.07, 6.45) is 3.58. The summed E-state index contributed by atoms with van der Waals surface area (Å²) in [5.74, 6) is 2.51. The second-order valence-electron chi connectivity index (χ2n) is 4.37. The number of aromatic nitrogens is 2. The minimum atomic E-state index is 0.160. The van der Waals surface area contributed by atoms with E-state index in [1.54, 1.807) is 6.20 Å². The first kappa shape index (κ1) is 12.5. The average molecular weight is 324 g/mol. The van der Waals surface area contributed by atoms with Gasteiger partial charge in [0.1, 0.15) is 5.82 Å². The molecule has 100 valence electrons. The summed E-state index contributed by atoms with van der Waals surface area (Å²) in [4.78, 5) is 7.33. The van der Waals surface area contributed by atoms with Crippen molar-refractivity contribution in [3.05, 3.63) is 40.4 Å². The highest BCUT2D eigenvalue weighted by Crippen LogP contribution is 2.36. The van der Waals surface area contributed by atoms with Crippen molar-refractivity contribution < 1.29 is 9.47 Å². The number of hydrogen-bond donors (Lipinski definition) is 2. The molecular weight excluding hydrogens is 310 g/mol. The monoisotopic (exact) mass is 323 g/mol. The van der Waals surface area contributed by atoms with Crippen LogP contribution in [0.25, 0.3) is 0 Å². The maximum atomic E-state index is 5.38. The smallest absolute Gasteiger partial charge is 0.231 e. The number of imidazole rings is 1. The fourth-order valence-corrected chi connectivity index (χ4v) is 2.43. The van der Waals surface area contributed by atoms with Gasteiger partial charge in [0.05, 0.1) is 6.04 Å². The third-order valence-electron chi connectivity index (χ3n) is 3.07. The normalized spacial score (nSPS) is 14.6. The Balaban J connectivity index is 1.70. The molecule has 2 aromatic rings. The van der Waals surface area contributed by atoms with E-state index in [0.29, 0.717) is 6.79 Å². The van der Waals surface area contributed by atoms with Crippen molar-refractivity contribution in [2.75, 3.05) is 6.79 Å². The molecule has 1 atom stereocenters. The van der Waals surface area contributed by atoms with Crippen molar-refractivity contribution >= 4 is 15.9 Å². The fourth-order valence-electron chi connectivity index (χ4n) is 1.97. The molecule has 0 radical (unpaired) electrons. The molecule has 1 aromatic carbocycles. The molecule has 1 aromatic heterocycles. The lowest BCUT2D eigenvalue weighted by Crippen LogP contribution is -2.19. The SMILES string of the molecule is CC(NCc1cc2c(cc1Br)OCO2)c1ncc[nH]1. The van der Waals surface area contributed by atoms with Crippen molar-refractivity contribution in [3.63, 3.8) is 0 Å². The van der Waals surface area contributed by atoms with Gasteiger partial charge in [0.2, 0.25) is 6.79 Å². The van der Waals surface area contributed by atoms with Gasteiger partial charge < -0.3 is 19.8 Å². The Labute approximate surface area is 119 Å². The summed E-state index contributed by atoms with van der Waals surface area (Å²) in [7, 11) is 0. The molecule has 0 bridgehead atoms. The topological polar surface area (TPSA) is 59.2 Å². The summed E-state index contributed by atoms with van der Waals surface area (Å²) < 4.78 is 11.7. The molecule has 19 heavy (non-hydrogen) atoms. The van der Waals surface area contributed by atoms with E-state index in [2.05, 4.69) is 38.1 Å². The quantitative estimate of drug-likeness (QED) is 0.908. The first-order valence-electron chi connectivity index (χ1n) is 6.04. The zero-order chi connectivity index (χ0) is 13.2. The molecule has 0 saturated heterocycles. The van der Waals surface area contributed by atoms with E-state index in [9.17, 15) is 0 Å². The first-order chi connectivity index (χ1) is 9.24. The zero-order valence-electron chi connectivity index (χ0n) is 10.4. The maximum absolute atomic E-state index is 5.38. The number of hydrogen-bond acceptors (Lipinski definition) is 4. The van der Waals surface area contributed by atoms with E-state index in [4.69, 9.17) is 9.47 Å². The van der Waals surface area contributed by atoms with E-state index < -0.39 is 0 Å². The molecule has 6 heteroatoms. The molecule has 0 spiro atoms. The Morgan fingerprint density at radius 3 is 2.95 bits per heavy atom. The minimum Gasteiger partial charge on any atom is -0.454 e. The van der Waals surface area contributed by atoms with E-state index >= 15 is 0 Å². The van der Waals surface area contributed by atoms with E-state index in [1.807, 2.05) is 18.3 Å². The molecule has 3 rings (SSSR count). The van der Waals surface area contributed by atoms with E-state index in [0.717, 1.165) is 33.9 Å². The second-order valence-corrected chi connectivity index (χ2v) is 5.23. The van der Waals surface area contributed by atoms with Crippen molar-refractivity contribution in [1.82, 2.24) is 15.3 Å². The lowest BCUT2D eigenvalue weighted by Gasteiger charge is -2.13. The fraction of sp³-hybridized carbons (Fsp3) is 0.308. The number of rotatable bonds is 4. The van der Waals surface area contributed by atoms with Crippen molar-refractivity contribution in [1.29, 1.82) is 0 Å². The van der Waals surface area contributed by atoms with Gasteiger partial charge in [0.25, 0.3) is 0 Å². The largest absolute Gasteiger partial charge is 0.454 e. The van der Waals surface area contributed by atoms with Gasteiger partial charge in [-0.25, -0.2) is 4.98 Å². The van der Waals surface area contributed by atoms with Crippen LogP contribution in [-0.4, -0.2) is 16.8 Å². The highest BCUT2D eigenvalue weighted by atomic mass is 79.9. The molecule has 2 N–H and O–H groups in total. The number of fused-ring (bicyclic) bond motifs is 1. The molecule has 0 amide bonds. The van der Waals surface area contributed by atoms with Crippen LogP contribution in [0.3, 0.4) is 0 Å². The lowest BCUT2D eigenvalue weighted by molar-refractivity contribution is 0.174. The number of aromatic amines is 1. The van der Waals surface area contributed by atoms with Crippen molar-refractivity contribution in [2.24, 2.45) is 0 Å². The van der Waals surface area contributed by atoms with Gasteiger partial charge >= 0.3 is 0 Å². The highest BCUT2D eigenvalue weighted by molar-refractivity contribution is 9.10. The number of benzene rings is 1. The predicted molar refractivity (Wildman–Crippen MR) is 74.1 cm³/mol. The highest BCUT2D eigenvalue weighted by Gasteiger charge is 2.16. The Hall–Kier alpha value is -1.53. The van der Waals surface area contributed by atoms with Gasteiger partial charge in [-0.3, -0.25) is 0 Å². The van der Waals surface area contributed by atoms with Crippen LogP contribution in [-0.2, 0) is 6.54 Å². The zero-order valence-corrected chi connectivity index (χ0v) is 12.0. The molecule has 0 fully saturated rings. The predicted octanol–water partition coefficient (Wildman–Crippen LogP) is 2.75. The molecule has 2 heterocycles. The molecule has 0 aliphatic carbocycles. The summed E-state index contributed by atoms with van der Waals surface area (Å²) in [6, 6.07) is 4.10. The van der Waals surface area contributed by atoms with Crippen LogP contribution >= 0.6 is 15.9 Å². The van der Waals surface area contributed by atoms with Gasteiger partial charge in [0.15, 0.2) is 11.5 Å². The summed E-state index contributed by atoms with van der Waals surface area (Å²) in [5, 5.41) is 3.41. The summed E-state index contributed by atoms with van der Waals surface area (Å²) in [5.41, 5.74) is 1.13. The lowest BCUT2D eigenvalue weighted by atomic mass is 10.2. The Morgan fingerprint density at radius 2 is 2.21 bits per heavy atom. The first-order valence-corrected chi connectivity index (χ1v) is 6.84. The Bertz CT molecular complexity index is 572. The molecule has 5 nitrogen and oxygen atoms in total. The number of nitrogens with zero attached hydrogens (tertiary/aromatic N) is 1. The Kier molecular flexibility index (Phi) is 3.44. The van der Waals surface area contributed by atoms with Gasteiger partial charge in [-0.1, -0.05) is 15.9 Å². The second kappa shape index (κ2) is 5.22. The molecule has 1 aliphatic heterocycles. The van der Waals surface area contributed by atoms with Crippen LogP contribution in [0.4, 0.5) is 0 Å². The number of ether oxygens (including phenoxy) is 2. The van der Waals surface area contributed by atoms with Crippen LogP contribution in [0.5, 0.6) is 11.5 Å². The minimum absolute atomic E-state index is 0.160. The molecular formula is C13H14BrN3O2. The third-order valence-corrected chi connectivity index (χ3v) is 3.81. The third kappa shape index (κ3) is 2.59. The number of H-pyrrole nitrogens is 1. The molecule has 1 unspecified atom stereocenters. The van der Waals surface area contributed by atoms with Gasteiger partial charge in [-0.05, 0) is 24.6 Å². The van der Waals surface area contributed by atoms with Crippen LogP contribution in [0, 0.1) is 0 Å². The van der Waals surface area contributed by atoms with Crippen LogP contribution < -0.4 is 14.8 Å². The molecule has 0 saturated carbocycles. The summed E-state index contributed by atoms with van der Waals surface area (Å²) in [6.45, 7) is 3.08. The number of halogens is 1. The average Bonchev–Trinajstić information content (AvgIpc) is 3.06. The van der Waals surface area contributed by atoms with Crippen molar-refractivity contribution in [3.8, 4) is 11.5 Å². The van der Waals surface area contributed by atoms with Crippen LogP contribution in [0.15, 0.2) is 29.0 Å². The summed E-state index contributed by atoms with van der Waals surface area (Å²) >= 11 is 3.55. The van der Waals surface area contributed by atoms with Crippen molar-refractivity contribution in [2.45, 2.75) is 19.5 Å². The maximum Gasteiger partial charge on any atom is 0.231 e.